The minimum atomic E-state index is -0.178. The van der Waals surface area contributed by atoms with Crippen molar-refractivity contribution in [1.29, 1.82) is 0 Å². The van der Waals surface area contributed by atoms with Crippen LogP contribution in [-0.4, -0.2) is 25.8 Å². The summed E-state index contributed by atoms with van der Waals surface area (Å²) in [5.41, 5.74) is 1.20. The van der Waals surface area contributed by atoms with E-state index >= 15 is 0 Å². The van der Waals surface area contributed by atoms with Crippen LogP contribution in [0.1, 0.15) is 24.2 Å². The SMILES string of the molecule is O=C(NCc1ccco1)NCC1(c2ccccc2)CCOCC1. The smallest absolute Gasteiger partial charge is 0.315 e. The lowest BCUT2D eigenvalue weighted by molar-refractivity contribution is 0.0507. The van der Waals surface area contributed by atoms with E-state index in [0.29, 0.717) is 13.1 Å². The molecule has 2 heterocycles. The molecule has 1 aliphatic heterocycles. The quantitative estimate of drug-likeness (QED) is 0.892. The van der Waals surface area contributed by atoms with Gasteiger partial charge >= 0.3 is 6.03 Å². The number of furan rings is 1. The Morgan fingerprint density at radius 3 is 2.52 bits per heavy atom. The van der Waals surface area contributed by atoms with Crippen LogP contribution in [0.3, 0.4) is 0 Å². The van der Waals surface area contributed by atoms with E-state index in [1.165, 1.54) is 5.56 Å². The average molecular weight is 314 g/mol. The van der Waals surface area contributed by atoms with Crippen molar-refractivity contribution in [3.05, 3.63) is 60.1 Å². The molecule has 122 valence electrons. The van der Waals surface area contributed by atoms with Gasteiger partial charge in [-0.2, -0.15) is 0 Å². The molecule has 1 fully saturated rings. The Labute approximate surface area is 136 Å². The Bertz CT molecular complexity index is 604. The fraction of sp³-hybridized carbons (Fsp3) is 0.389. The van der Waals surface area contributed by atoms with Gasteiger partial charge in [-0.05, 0) is 30.5 Å². The second-order valence-electron chi connectivity index (χ2n) is 5.87. The first kappa shape index (κ1) is 15.6. The summed E-state index contributed by atoms with van der Waals surface area (Å²) >= 11 is 0. The topological polar surface area (TPSA) is 63.5 Å². The van der Waals surface area contributed by atoms with Crippen molar-refractivity contribution >= 4 is 6.03 Å². The fourth-order valence-corrected chi connectivity index (χ4v) is 3.01. The molecule has 2 N–H and O–H groups in total. The van der Waals surface area contributed by atoms with Crippen molar-refractivity contribution in [2.24, 2.45) is 0 Å². The largest absolute Gasteiger partial charge is 0.467 e. The predicted octanol–water partition coefficient (Wildman–Crippen LogP) is 2.83. The Morgan fingerprint density at radius 1 is 1.04 bits per heavy atom. The minimum Gasteiger partial charge on any atom is -0.467 e. The van der Waals surface area contributed by atoms with Gasteiger partial charge in [0.2, 0.25) is 0 Å². The Balaban J connectivity index is 1.59. The summed E-state index contributed by atoms with van der Waals surface area (Å²) in [7, 11) is 0. The van der Waals surface area contributed by atoms with E-state index in [-0.39, 0.29) is 11.4 Å². The molecule has 5 nitrogen and oxygen atoms in total. The number of hydrogen-bond acceptors (Lipinski definition) is 3. The molecule has 0 bridgehead atoms. The Hall–Kier alpha value is -2.27. The number of ether oxygens (including phenoxy) is 1. The van der Waals surface area contributed by atoms with Gasteiger partial charge in [0.05, 0.1) is 12.8 Å². The minimum absolute atomic E-state index is 0.0540. The van der Waals surface area contributed by atoms with E-state index in [1.54, 1.807) is 12.3 Å². The van der Waals surface area contributed by atoms with E-state index < -0.39 is 0 Å². The molecule has 0 aliphatic carbocycles. The maximum absolute atomic E-state index is 12.1. The number of nitrogens with one attached hydrogen (secondary N) is 2. The van der Waals surface area contributed by atoms with Crippen LogP contribution >= 0.6 is 0 Å². The summed E-state index contributed by atoms with van der Waals surface area (Å²) in [6.45, 7) is 2.44. The number of hydrogen-bond donors (Lipinski definition) is 2. The van der Waals surface area contributed by atoms with Gasteiger partial charge in [0.1, 0.15) is 5.76 Å². The van der Waals surface area contributed by atoms with Crippen LogP contribution < -0.4 is 10.6 Å². The van der Waals surface area contributed by atoms with E-state index in [9.17, 15) is 4.79 Å². The van der Waals surface area contributed by atoms with Gasteiger partial charge < -0.3 is 19.8 Å². The van der Waals surface area contributed by atoms with Crippen LogP contribution in [0, 0.1) is 0 Å². The maximum Gasteiger partial charge on any atom is 0.315 e. The molecule has 0 unspecified atom stereocenters. The Kier molecular flexibility index (Phi) is 4.98. The highest BCUT2D eigenvalue weighted by molar-refractivity contribution is 5.73. The zero-order chi connectivity index (χ0) is 16.0. The molecule has 5 heteroatoms. The lowest BCUT2D eigenvalue weighted by Gasteiger charge is -2.37. The predicted molar refractivity (Wildman–Crippen MR) is 87.1 cm³/mol. The van der Waals surface area contributed by atoms with E-state index in [2.05, 4.69) is 22.8 Å². The van der Waals surface area contributed by atoms with Crippen LogP contribution in [0.25, 0.3) is 0 Å². The molecule has 1 aromatic carbocycles. The molecule has 2 amide bonds. The van der Waals surface area contributed by atoms with E-state index in [1.807, 2.05) is 24.3 Å². The second kappa shape index (κ2) is 7.33. The highest BCUT2D eigenvalue weighted by Gasteiger charge is 2.34. The third-order valence-corrected chi connectivity index (χ3v) is 4.43. The van der Waals surface area contributed by atoms with Crippen molar-refractivity contribution in [3.8, 4) is 0 Å². The number of urea groups is 1. The van der Waals surface area contributed by atoms with Gasteiger partial charge in [-0.15, -0.1) is 0 Å². The summed E-state index contributed by atoms with van der Waals surface area (Å²) < 4.78 is 10.7. The Morgan fingerprint density at radius 2 is 1.83 bits per heavy atom. The summed E-state index contributed by atoms with van der Waals surface area (Å²) in [4.78, 5) is 12.1. The summed E-state index contributed by atoms with van der Waals surface area (Å²) in [6, 6.07) is 13.8. The molecular formula is C18H22N2O3. The molecule has 0 atom stereocenters. The first-order valence-corrected chi connectivity index (χ1v) is 7.96. The highest BCUT2D eigenvalue weighted by atomic mass is 16.5. The van der Waals surface area contributed by atoms with Gasteiger partial charge in [-0.25, -0.2) is 4.79 Å². The monoisotopic (exact) mass is 314 g/mol. The van der Waals surface area contributed by atoms with Gasteiger partial charge in [0.15, 0.2) is 0 Å². The number of carbonyl (C=O) groups is 1. The molecule has 0 saturated carbocycles. The second-order valence-corrected chi connectivity index (χ2v) is 5.87. The van der Waals surface area contributed by atoms with Crippen LogP contribution in [0.5, 0.6) is 0 Å². The average Bonchev–Trinajstić information content (AvgIpc) is 3.13. The van der Waals surface area contributed by atoms with E-state index in [0.717, 1.165) is 31.8 Å². The number of carbonyl (C=O) groups excluding carboxylic acids is 1. The summed E-state index contributed by atoms with van der Waals surface area (Å²) in [5.74, 6) is 0.740. The van der Waals surface area contributed by atoms with Gasteiger partial charge in [-0.3, -0.25) is 0 Å². The molecule has 1 saturated heterocycles. The molecule has 1 aliphatic rings. The third kappa shape index (κ3) is 3.93. The lowest BCUT2D eigenvalue weighted by atomic mass is 9.74. The zero-order valence-corrected chi connectivity index (χ0v) is 13.1. The molecule has 0 spiro atoms. The van der Waals surface area contributed by atoms with Gasteiger partial charge in [0, 0.05) is 25.2 Å². The van der Waals surface area contributed by atoms with Crippen molar-refractivity contribution < 1.29 is 13.9 Å². The van der Waals surface area contributed by atoms with Crippen LogP contribution in [-0.2, 0) is 16.7 Å². The number of benzene rings is 1. The van der Waals surface area contributed by atoms with Crippen molar-refractivity contribution in [3.63, 3.8) is 0 Å². The summed E-state index contributed by atoms with van der Waals surface area (Å²) in [6.07, 6.45) is 3.42. The number of rotatable bonds is 5. The molecule has 3 rings (SSSR count). The van der Waals surface area contributed by atoms with Crippen LogP contribution in [0.2, 0.25) is 0 Å². The lowest BCUT2D eigenvalue weighted by Crippen LogP contribution is -2.47. The normalized spacial score (nSPS) is 16.7. The maximum atomic E-state index is 12.1. The first-order chi connectivity index (χ1) is 11.3. The molecule has 23 heavy (non-hydrogen) atoms. The van der Waals surface area contributed by atoms with Crippen molar-refractivity contribution in [2.45, 2.75) is 24.8 Å². The van der Waals surface area contributed by atoms with Crippen molar-refractivity contribution in [1.82, 2.24) is 10.6 Å². The molecule has 2 aromatic rings. The molecular weight excluding hydrogens is 292 g/mol. The summed E-state index contributed by atoms with van der Waals surface area (Å²) in [5, 5.41) is 5.83. The molecule has 1 aromatic heterocycles. The van der Waals surface area contributed by atoms with Gasteiger partial charge in [-0.1, -0.05) is 30.3 Å². The van der Waals surface area contributed by atoms with E-state index in [4.69, 9.17) is 9.15 Å². The fourth-order valence-electron chi connectivity index (χ4n) is 3.01. The van der Waals surface area contributed by atoms with Crippen LogP contribution in [0.4, 0.5) is 4.79 Å². The standard InChI is InChI=1S/C18H22N2O3/c21-17(19-13-16-7-4-10-23-16)20-14-18(8-11-22-12-9-18)15-5-2-1-3-6-15/h1-7,10H,8-9,11-14H2,(H2,19,20,21). The number of amides is 2. The van der Waals surface area contributed by atoms with Gasteiger partial charge in [0.25, 0.3) is 0 Å². The highest BCUT2D eigenvalue weighted by Crippen LogP contribution is 2.34. The van der Waals surface area contributed by atoms with Crippen molar-refractivity contribution in [2.75, 3.05) is 19.8 Å². The molecule has 0 radical (unpaired) electrons. The first-order valence-electron chi connectivity index (χ1n) is 7.96. The third-order valence-electron chi connectivity index (χ3n) is 4.43. The zero-order valence-electron chi connectivity index (χ0n) is 13.1. The van der Waals surface area contributed by atoms with Crippen LogP contribution in [0.15, 0.2) is 53.1 Å².